The van der Waals surface area contributed by atoms with Gasteiger partial charge in [-0.1, -0.05) is 24.3 Å². The average molecular weight is 431 g/mol. The topological polar surface area (TPSA) is 84.9 Å². The summed E-state index contributed by atoms with van der Waals surface area (Å²) in [5.74, 6) is 0.310. The Labute approximate surface area is 177 Å². The number of nitrogens with one attached hydrogen (secondary N) is 1. The number of amides is 1. The highest BCUT2D eigenvalue weighted by atomic mass is 32.2. The standard InChI is InChI=1S/C22H26N2O5S/c1-28-16-10-11-18(21(12-16)29-2)19-13-24(14-20(19)22(25)23-15-8-9-15)30(26,27)17-6-4-3-5-7-17/h3-7,10-12,15,19-20H,8-9,13-14H2,1-2H3,(H,23,25)/t19-,20+/m0/s1. The van der Waals surface area contributed by atoms with Gasteiger partial charge in [0.05, 0.1) is 25.0 Å². The van der Waals surface area contributed by atoms with E-state index in [1.54, 1.807) is 50.6 Å². The molecule has 8 heteroatoms. The van der Waals surface area contributed by atoms with Crippen LogP contribution in [-0.2, 0) is 14.8 Å². The normalized spacial score (nSPS) is 21.9. The van der Waals surface area contributed by atoms with Crippen LogP contribution in [0.3, 0.4) is 0 Å². The molecule has 2 fully saturated rings. The molecule has 0 aromatic heterocycles. The van der Waals surface area contributed by atoms with Crippen LogP contribution in [0.5, 0.6) is 11.5 Å². The maximum atomic E-state index is 13.2. The first kappa shape index (κ1) is 20.7. The second-order valence-corrected chi connectivity index (χ2v) is 9.68. The lowest BCUT2D eigenvalue weighted by Crippen LogP contribution is -2.36. The number of benzene rings is 2. The number of nitrogens with zero attached hydrogens (tertiary/aromatic N) is 1. The molecule has 1 saturated carbocycles. The van der Waals surface area contributed by atoms with Gasteiger partial charge in [-0.25, -0.2) is 8.42 Å². The third kappa shape index (κ3) is 4.02. The van der Waals surface area contributed by atoms with Crippen molar-refractivity contribution >= 4 is 15.9 Å². The van der Waals surface area contributed by atoms with Gasteiger partial charge in [0.15, 0.2) is 0 Å². The average Bonchev–Trinajstić information content (AvgIpc) is 3.46. The van der Waals surface area contributed by atoms with Gasteiger partial charge in [-0.2, -0.15) is 4.31 Å². The summed E-state index contributed by atoms with van der Waals surface area (Å²) >= 11 is 0. The van der Waals surface area contributed by atoms with Gasteiger partial charge >= 0.3 is 0 Å². The minimum atomic E-state index is -3.70. The molecule has 1 heterocycles. The summed E-state index contributed by atoms with van der Waals surface area (Å²) < 4.78 is 38.7. The minimum absolute atomic E-state index is 0.105. The lowest BCUT2D eigenvalue weighted by Gasteiger charge is -2.21. The van der Waals surface area contributed by atoms with Crippen molar-refractivity contribution < 1.29 is 22.7 Å². The summed E-state index contributed by atoms with van der Waals surface area (Å²) in [6.07, 6.45) is 1.95. The van der Waals surface area contributed by atoms with Crippen LogP contribution in [-0.4, -0.2) is 52.0 Å². The summed E-state index contributed by atoms with van der Waals surface area (Å²) in [6.45, 7) is 0.346. The Morgan fingerprint density at radius 1 is 1.03 bits per heavy atom. The Hall–Kier alpha value is -2.58. The van der Waals surface area contributed by atoms with Crippen LogP contribution < -0.4 is 14.8 Å². The number of methoxy groups -OCH3 is 2. The fourth-order valence-electron chi connectivity index (χ4n) is 3.95. The van der Waals surface area contributed by atoms with Crippen LogP contribution in [0.1, 0.15) is 24.3 Å². The molecule has 2 aromatic rings. The van der Waals surface area contributed by atoms with E-state index >= 15 is 0 Å². The fraction of sp³-hybridized carbons (Fsp3) is 0.409. The smallest absolute Gasteiger partial charge is 0.243 e. The molecule has 1 amide bonds. The Morgan fingerprint density at radius 2 is 1.77 bits per heavy atom. The van der Waals surface area contributed by atoms with Crippen LogP contribution in [0.15, 0.2) is 53.4 Å². The van der Waals surface area contributed by atoms with Crippen LogP contribution in [0.4, 0.5) is 0 Å². The molecule has 0 bridgehead atoms. The van der Waals surface area contributed by atoms with Gasteiger partial charge in [-0.05, 0) is 36.6 Å². The molecule has 160 valence electrons. The SMILES string of the molecule is COc1ccc([C@@H]2CN(S(=O)(=O)c3ccccc3)C[C@H]2C(=O)NC2CC2)c(OC)c1. The number of ether oxygens (including phenoxy) is 2. The Morgan fingerprint density at radius 3 is 2.40 bits per heavy atom. The first-order valence-corrected chi connectivity index (χ1v) is 11.5. The summed E-state index contributed by atoms with van der Waals surface area (Å²) in [4.78, 5) is 13.2. The number of rotatable bonds is 7. The second-order valence-electron chi connectivity index (χ2n) is 7.74. The molecular formula is C22H26N2O5S. The second kappa shape index (κ2) is 8.28. The van der Waals surface area contributed by atoms with Gasteiger partial charge in [0.25, 0.3) is 0 Å². The molecule has 1 aliphatic heterocycles. The third-order valence-corrected chi connectivity index (χ3v) is 7.61. The number of hydrogen-bond donors (Lipinski definition) is 1. The molecule has 2 atom stereocenters. The van der Waals surface area contributed by atoms with Crippen molar-refractivity contribution in [1.82, 2.24) is 9.62 Å². The zero-order chi connectivity index (χ0) is 21.3. The van der Waals surface area contributed by atoms with Gasteiger partial charge in [-0.3, -0.25) is 4.79 Å². The van der Waals surface area contributed by atoms with Crippen molar-refractivity contribution in [2.24, 2.45) is 5.92 Å². The Kier molecular flexibility index (Phi) is 5.71. The summed E-state index contributed by atoms with van der Waals surface area (Å²) in [6, 6.07) is 14.0. The van der Waals surface area contributed by atoms with E-state index in [1.165, 1.54) is 4.31 Å². The van der Waals surface area contributed by atoms with Gasteiger partial charge in [-0.15, -0.1) is 0 Å². The quantitative estimate of drug-likeness (QED) is 0.729. The van der Waals surface area contributed by atoms with E-state index in [-0.39, 0.29) is 35.9 Å². The first-order chi connectivity index (χ1) is 14.4. The minimum Gasteiger partial charge on any atom is -0.497 e. The van der Waals surface area contributed by atoms with Crippen LogP contribution in [0.25, 0.3) is 0 Å². The van der Waals surface area contributed by atoms with Gasteiger partial charge in [0.2, 0.25) is 15.9 Å². The number of carbonyl (C=O) groups excluding carboxylic acids is 1. The van der Waals surface area contributed by atoms with Crippen molar-refractivity contribution in [2.75, 3.05) is 27.3 Å². The molecule has 30 heavy (non-hydrogen) atoms. The van der Waals surface area contributed by atoms with E-state index in [0.717, 1.165) is 18.4 Å². The van der Waals surface area contributed by atoms with E-state index in [9.17, 15) is 13.2 Å². The van der Waals surface area contributed by atoms with E-state index in [0.29, 0.717) is 11.5 Å². The molecule has 1 aliphatic carbocycles. The predicted octanol–water partition coefficient (Wildman–Crippen LogP) is 2.39. The predicted molar refractivity (Wildman–Crippen MR) is 112 cm³/mol. The van der Waals surface area contributed by atoms with Crippen molar-refractivity contribution in [3.05, 3.63) is 54.1 Å². The highest BCUT2D eigenvalue weighted by Crippen LogP contribution is 2.41. The summed E-state index contributed by atoms with van der Waals surface area (Å²) in [5, 5.41) is 3.04. The lowest BCUT2D eigenvalue weighted by atomic mass is 9.87. The zero-order valence-electron chi connectivity index (χ0n) is 17.1. The lowest BCUT2D eigenvalue weighted by molar-refractivity contribution is -0.125. The summed E-state index contributed by atoms with van der Waals surface area (Å²) in [7, 11) is -0.569. The van der Waals surface area contributed by atoms with Gasteiger partial charge in [0.1, 0.15) is 11.5 Å². The van der Waals surface area contributed by atoms with E-state index in [4.69, 9.17) is 9.47 Å². The van der Waals surface area contributed by atoms with Crippen LogP contribution in [0, 0.1) is 5.92 Å². The monoisotopic (exact) mass is 430 g/mol. The maximum Gasteiger partial charge on any atom is 0.243 e. The third-order valence-electron chi connectivity index (χ3n) is 5.77. The molecule has 2 aromatic carbocycles. The molecule has 2 aliphatic rings. The van der Waals surface area contributed by atoms with Crippen molar-refractivity contribution in [3.63, 3.8) is 0 Å². The van der Waals surface area contributed by atoms with E-state index in [2.05, 4.69) is 5.32 Å². The number of sulfonamides is 1. The Bertz CT molecular complexity index is 1020. The van der Waals surface area contributed by atoms with Crippen molar-refractivity contribution in [2.45, 2.75) is 29.7 Å². The van der Waals surface area contributed by atoms with Crippen LogP contribution >= 0.6 is 0 Å². The maximum absolute atomic E-state index is 13.2. The largest absolute Gasteiger partial charge is 0.497 e. The highest BCUT2D eigenvalue weighted by Gasteiger charge is 2.45. The first-order valence-electron chi connectivity index (χ1n) is 10.0. The number of hydrogen-bond acceptors (Lipinski definition) is 5. The summed E-state index contributed by atoms with van der Waals surface area (Å²) in [5.41, 5.74) is 0.806. The molecule has 4 rings (SSSR count). The molecule has 1 N–H and O–H groups in total. The molecule has 1 saturated heterocycles. The van der Waals surface area contributed by atoms with Crippen LogP contribution in [0.2, 0.25) is 0 Å². The molecule has 0 radical (unpaired) electrons. The van der Waals surface area contributed by atoms with E-state index in [1.807, 2.05) is 12.1 Å². The van der Waals surface area contributed by atoms with Crippen molar-refractivity contribution in [1.29, 1.82) is 0 Å². The fourth-order valence-corrected chi connectivity index (χ4v) is 5.46. The Balaban J connectivity index is 1.69. The van der Waals surface area contributed by atoms with E-state index < -0.39 is 15.9 Å². The molecule has 7 nitrogen and oxygen atoms in total. The molecular weight excluding hydrogens is 404 g/mol. The molecule has 0 spiro atoms. The van der Waals surface area contributed by atoms with Gasteiger partial charge < -0.3 is 14.8 Å². The zero-order valence-corrected chi connectivity index (χ0v) is 17.9. The number of carbonyl (C=O) groups is 1. The highest BCUT2D eigenvalue weighted by molar-refractivity contribution is 7.89. The molecule has 0 unspecified atom stereocenters. The van der Waals surface area contributed by atoms with Crippen molar-refractivity contribution in [3.8, 4) is 11.5 Å². The van der Waals surface area contributed by atoms with Gasteiger partial charge in [0, 0.05) is 31.1 Å².